The molecule has 0 saturated carbocycles. The molecule has 0 radical (unpaired) electrons. The second-order valence-corrected chi connectivity index (χ2v) is 5.69. The SMILES string of the molecule is CCCNCc1ccccc1CN1CCn2ccnc2C1. The molecule has 0 amide bonds. The van der Waals surface area contributed by atoms with E-state index in [-0.39, 0.29) is 0 Å². The summed E-state index contributed by atoms with van der Waals surface area (Å²) in [4.78, 5) is 6.93. The molecule has 4 nitrogen and oxygen atoms in total. The molecule has 4 heteroatoms. The summed E-state index contributed by atoms with van der Waals surface area (Å²) >= 11 is 0. The number of hydrogen-bond donors (Lipinski definition) is 1. The molecule has 0 bridgehead atoms. The van der Waals surface area contributed by atoms with Gasteiger partial charge in [0, 0.05) is 38.6 Å². The molecule has 0 aliphatic carbocycles. The van der Waals surface area contributed by atoms with E-state index in [1.165, 1.54) is 23.4 Å². The smallest absolute Gasteiger partial charge is 0.122 e. The second kappa shape index (κ2) is 6.87. The van der Waals surface area contributed by atoms with Crippen LogP contribution in [0.1, 0.15) is 30.3 Å². The van der Waals surface area contributed by atoms with Crippen LogP contribution in [0.5, 0.6) is 0 Å². The molecule has 0 saturated heterocycles. The molecule has 1 aliphatic heterocycles. The summed E-state index contributed by atoms with van der Waals surface area (Å²) in [5.41, 5.74) is 2.85. The monoisotopic (exact) mass is 284 g/mol. The zero-order valence-corrected chi connectivity index (χ0v) is 12.8. The summed E-state index contributed by atoms with van der Waals surface area (Å²) in [6, 6.07) is 8.77. The van der Waals surface area contributed by atoms with Gasteiger partial charge in [-0.05, 0) is 24.1 Å². The molecule has 3 rings (SSSR count). The topological polar surface area (TPSA) is 33.1 Å². The van der Waals surface area contributed by atoms with E-state index in [4.69, 9.17) is 0 Å². The maximum absolute atomic E-state index is 4.44. The summed E-state index contributed by atoms with van der Waals surface area (Å²) in [5.74, 6) is 1.18. The fourth-order valence-corrected chi connectivity index (χ4v) is 2.88. The fourth-order valence-electron chi connectivity index (χ4n) is 2.88. The Morgan fingerprint density at radius 2 is 2.05 bits per heavy atom. The van der Waals surface area contributed by atoms with Crippen molar-refractivity contribution in [2.45, 2.75) is 39.5 Å². The lowest BCUT2D eigenvalue weighted by Crippen LogP contribution is -2.33. The first-order chi connectivity index (χ1) is 10.4. The summed E-state index contributed by atoms with van der Waals surface area (Å²) in [6.45, 7) is 8.35. The average molecular weight is 284 g/mol. The van der Waals surface area contributed by atoms with Gasteiger partial charge in [0.1, 0.15) is 5.82 Å². The number of benzene rings is 1. The molecular weight excluding hydrogens is 260 g/mol. The molecule has 112 valence electrons. The molecule has 0 atom stereocenters. The number of nitrogens with one attached hydrogen (secondary N) is 1. The third kappa shape index (κ3) is 3.52. The Kier molecular flexibility index (Phi) is 4.68. The molecule has 2 aromatic rings. The largest absolute Gasteiger partial charge is 0.333 e. The van der Waals surface area contributed by atoms with Gasteiger partial charge in [-0.25, -0.2) is 4.98 Å². The highest BCUT2D eigenvalue weighted by Gasteiger charge is 2.17. The third-order valence-electron chi connectivity index (χ3n) is 4.08. The Balaban J connectivity index is 1.65. The van der Waals surface area contributed by atoms with Crippen molar-refractivity contribution in [3.8, 4) is 0 Å². The lowest BCUT2D eigenvalue weighted by Gasteiger charge is -2.28. The average Bonchev–Trinajstić information content (AvgIpc) is 2.97. The standard InChI is InChI=1S/C17H24N4/c1-2-7-18-12-15-5-3-4-6-16(15)13-20-10-11-21-9-8-19-17(21)14-20/h3-6,8-9,18H,2,7,10-14H2,1H3. The Hall–Kier alpha value is -1.65. The van der Waals surface area contributed by atoms with Crippen molar-refractivity contribution >= 4 is 0 Å². The van der Waals surface area contributed by atoms with Gasteiger partial charge in [0.25, 0.3) is 0 Å². The molecular formula is C17H24N4. The maximum atomic E-state index is 4.44. The van der Waals surface area contributed by atoms with Gasteiger partial charge in [0.2, 0.25) is 0 Å². The minimum absolute atomic E-state index is 0.948. The van der Waals surface area contributed by atoms with Gasteiger partial charge in [0.05, 0.1) is 6.54 Å². The van der Waals surface area contributed by atoms with Crippen LogP contribution in [0, 0.1) is 0 Å². The van der Waals surface area contributed by atoms with Crippen molar-refractivity contribution in [2.24, 2.45) is 0 Å². The fraction of sp³-hybridized carbons (Fsp3) is 0.471. The van der Waals surface area contributed by atoms with Crippen LogP contribution in [0.15, 0.2) is 36.7 Å². The van der Waals surface area contributed by atoms with Crippen molar-refractivity contribution in [2.75, 3.05) is 13.1 Å². The van der Waals surface area contributed by atoms with Crippen LogP contribution < -0.4 is 5.32 Å². The highest BCUT2D eigenvalue weighted by molar-refractivity contribution is 5.27. The van der Waals surface area contributed by atoms with Crippen LogP contribution in [0.25, 0.3) is 0 Å². The van der Waals surface area contributed by atoms with E-state index in [9.17, 15) is 0 Å². The van der Waals surface area contributed by atoms with Gasteiger partial charge >= 0.3 is 0 Å². The first-order valence-electron chi connectivity index (χ1n) is 7.86. The second-order valence-electron chi connectivity index (χ2n) is 5.69. The summed E-state index contributed by atoms with van der Waals surface area (Å²) < 4.78 is 2.26. The Morgan fingerprint density at radius 1 is 1.19 bits per heavy atom. The van der Waals surface area contributed by atoms with Gasteiger partial charge in [-0.15, -0.1) is 0 Å². The molecule has 0 unspecified atom stereocenters. The third-order valence-corrected chi connectivity index (χ3v) is 4.08. The first-order valence-corrected chi connectivity index (χ1v) is 7.86. The minimum Gasteiger partial charge on any atom is -0.333 e. The minimum atomic E-state index is 0.948. The van der Waals surface area contributed by atoms with Crippen LogP contribution in [0.4, 0.5) is 0 Å². The lowest BCUT2D eigenvalue weighted by atomic mass is 10.1. The van der Waals surface area contributed by atoms with Gasteiger partial charge in [-0.3, -0.25) is 4.90 Å². The maximum Gasteiger partial charge on any atom is 0.122 e. The number of rotatable bonds is 6. The van der Waals surface area contributed by atoms with Crippen LogP contribution in [0.3, 0.4) is 0 Å². The molecule has 2 heterocycles. The molecule has 21 heavy (non-hydrogen) atoms. The number of nitrogens with zero attached hydrogens (tertiary/aromatic N) is 3. The zero-order chi connectivity index (χ0) is 14.5. The van der Waals surface area contributed by atoms with E-state index in [1.54, 1.807) is 0 Å². The van der Waals surface area contributed by atoms with Crippen molar-refractivity contribution in [1.29, 1.82) is 0 Å². The van der Waals surface area contributed by atoms with E-state index in [0.717, 1.165) is 39.3 Å². The Morgan fingerprint density at radius 3 is 2.90 bits per heavy atom. The van der Waals surface area contributed by atoms with E-state index in [1.807, 2.05) is 6.20 Å². The predicted molar refractivity (Wildman–Crippen MR) is 84.8 cm³/mol. The summed E-state index contributed by atoms with van der Waals surface area (Å²) in [7, 11) is 0. The molecule has 1 aliphatic rings. The molecule has 1 N–H and O–H groups in total. The van der Waals surface area contributed by atoms with E-state index in [0.29, 0.717) is 0 Å². The Bertz CT molecular complexity index is 576. The highest BCUT2D eigenvalue weighted by Crippen LogP contribution is 2.16. The predicted octanol–water partition coefficient (Wildman–Crippen LogP) is 2.40. The zero-order valence-electron chi connectivity index (χ0n) is 12.8. The highest BCUT2D eigenvalue weighted by atomic mass is 15.2. The molecule has 1 aromatic carbocycles. The van der Waals surface area contributed by atoms with Gasteiger partial charge in [0.15, 0.2) is 0 Å². The molecule has 0 fully saturated rings. The van der Waals surface area contributed by atoms with Crippen molar-refractivity contribution in [3.63, 3.8) is 0 Å². The lowest BCUT2D eigenvalue weighted by molar-refractivity contribution is 0.208. The summed E-state index contributed by atoms with van der Waals surface area (Å²) in [5, 5.41) is 3.51. The van der Waals surface area contributed by atoms with Gasteiger partial charge in [-0.1, -0.05) is 31.2 Å². The van der Waals surface area contributed by atoms with E-state index >= 15 is 0 Å². The molecule has 0 spiro atoms. The van der Waals surface area contributed by atoms with Crippen molar-refractivity contribution < 1.29 is 0 Å². The number of aromatic nitrogens is 2. The van der Waals surface area contributed by atoms with E-state index in [2.05, 4.69) is 57.2 Å². The van der Waals surface area contributed by atoms with Crippen LogP contribution in [-0.2, 0) is 26.2 Å². The normalized spacial score (nSPS) is 15.1. The van der Waals surface area contributed by atoms with E-state index < -0.39 is 0 Å². The first kappa shape index (κ1) is 14.3. The van der Waals surface area contributed by atoms with Crippen LogP contribution >= 0.6 is 0 Å². The van der Waals surface area contributed by atoms with Crippen molar-refractivity contribution in [3.05, 3.63) is 53.6 Å². The van der Waals surface area contributed by atoms with Crippen molar-refractivity contribution in [1.82, 2.24) is 19.8 Å². The summed E-state index contributed by atoms with van der Waals surface area (Å²) in [6.07, 6.45) is 5.16. The van der Waals surface area contributed by atoms with Gasteiger partial charge in [-0.2, -0.15) is 0 Å². The number of imidazole rings is 1. The number of fused-ring (bicyclic) bond motifs is 1. The quantitative estimate of drug-likeness (QED) is 0.827. The Labute approximate surface area is 126 Å². The molecule has 1 aromatic heterocycles. The van der Waals surface area contributed by atoms with Crippen LogP contribution in [-0.4, -0.2) is 27.5 Å². The van der Waals surface area contributed by atoms with Gasteiger partial charge < -0.3 is 9.88 Å². The van der Waals surface area contributed by atoms with Crippen LogP contribution in [0.2, 0.25) is 0 Å². The number of hydrogen-bond acceptors (Lipinski definition) is 3.